The third-order valence-corrected chi connectivity index (χ3v) is 5.98. The third-order valence-electron chi connectivity index (χ3n) is 3.75. The summed E-state index contributed by atoms with van der Waals surface area (Å²) >= 11 is 6.10. The van der Waals surface area contributed by atoms with Gasteiger partial charge in [0.25, 0.3) is 0 Å². The SMILES string of the molecule is Cc1cccc(S(=O)(=O)NC2(CN)CCCC2)c1Cl. The largest absolute Gasteiger partial charge is 0.329 e. The second kappa shape index (κ2) is 5.40. The Kier molecular flexibility index (Phi) is 4.20. The van der Waals surface area contributed by atoms with E-state index in [1.807, 2.05) is 0 Å². The van der Waals surface area contributed by atoms with E-state index in [1.54, 1.807) is 19.1 Å². The van der Waals surface area contributed by atoms with Crippen LogP contribution in [0.3, 0.4) is 0 Å². The average Bonchev–Trinajstić information content (AvgIpc) is 2.81. The van der Waals surface area contributed by atoms with Gasteiger partial charge in [0.1, 0.15) is 4.90 Å². The Labute approximate surface area is 119 Å². The number of halogens is 1. The average molecular weight is 303 g/mol. The molecule has 1 aromatic carbocycles. The van der Waals surface area contributed by atoms with Crippen molar-refractivity contribution in [3.05, 3.63) is 28.8 Å². The van der Waals surface area contributed by atoms with Gasteiger partial charge in [0, 0.05) is 12.1 Å². The summed E-state index contributed by atoms with van der Waals surface area (Å²) in [6.45, 7) is 2.10. The summed E-state index contributed by atoms with van der Waals surface area (Å²) in [5.41, 5.74) is 6.00. The van der Waals surface area contributed by atoms with Crippen LogP contribution in [-0.4, -0.2) is 20.5 Å². The van der Waals surface area contributed by atoms with Gasteiger partial charge in [0.05, 0.1) is 5.02 Å². The smallest absolute Gasteiger partial charge is 0.242 e. The lowest BCUT2D eigenvalue weighted by molar-refractivity contribution is 0.399. The quantitative estimate of drug-likeness (QED) is 0.895. The number of benzene rings is 1. The van der Waals surface area contributed by atoms with E-state index in [2.05, 4.69) is 4.72 Å². The molecule has 1 saturated carbocycles. The lowest BCUT2D eigenvalue weighted by atomic mass is 10.0. The zero-order chi connectivity index (χ0) is 14.1. The van der Waals surface area contributed by atoms with E-state index in [0.717, 1.165) is 31.2 Å². The van der Waals surface area contributed by atoms with E-state index in [9.17, 15) is 8.42 Å². The fraction of sp³-hybridized carbons (Fsp3) is 0.538. The first-order valence-corrected chi connectivity index (χ1v) is 8.25. The fourth-order valence-corrected chi connectivity index (χ4v) is 4.62. The number of aryl methyl sites for hydroxylation is 1. The van der Waals surface area contributed by atoms with Crippen molar-refractivity contribution in [1.29, 1.82) is 0 Å². The maximum atomic E-state index is 12.5. The number of nitrogens with one attached hydrogen (secondary N) is 1. The molecule has 0 radical (unpaired) electrons. The van der Waals surface area contributed by atoms with Crippen molar-refractivity contribution in [2.75, 3.05) is 6.54 Å². The predicted molar refractivity (Wildman–Crippen MR) is 76.8 cm³/mol. The minimum Gasteiger partial charge on any atom is -0.329 e. The van der Waals surface area contributed by atoms with Crippen LogP contribution in [0, 0.1) is 6.92 Å². The van der Waals surface area contributed by atoms with E-state index in [1.165, 1.54) is 6.07 Å². The Bertz CT molecular complexity index is 566. The van der Waals surface area contributed by atoms with E-state index in [-0.39, 0.29) is 9.92 Å². The number of hydrogen-bond donors (Lipinski definition) is 2. The summed E-state index contributed by atoms with van der Waals surface area (Å²) in [5, 5.41) is 0.278. The van der Waals surface area contributed by atoms with Gasteiger partial charge in [-0.1, -0.05) is 36.6 Å². The highest BCUT2D eigenvalue weighted by Gasteiger charge is 2.37. The molecule has 2 rings (SSSR count). The van der Waals surface area contributed by atoms with Gasteiger partial charge < -0.3 is 5.73 Å². The molecule has 0 heterocycles. The van der Waals surface area contributed by atoms with Gasteiger partial charge >= 0.3 is 0 Å². The first-order valence-electron chi connectivity index (χ1n) is 6.39. The van der Waals surface area contributed by atoms with E-state index < -0.39 is 15.6 Å². The zero-order valence-corrected chi connectivity index (χ0v) is 12.5. The minimum absolute atomic E-state index is 0.133. The van der Waals surface area contributed by atoms with Gasteiger partial charge in [-0.2, -0.15) is 0 Å². The van der Waals surface area contributed by atoms with Crippen molar-refractivity contribution in [2.24, 2.45) is 5.73 Å². The topological polar surface area (TPSA) is 72.2 Å². The highest BCUT2D eigenvalue weighted by atomic mass is 35.5. The lowest BCUT2D eigenvalue weighted by Gasteiger charge is -2.28. The molecule has 1 aliphatic rings. The molecule has 106 valence electrons. The van der Waals surface area contributed by atoms with Gasteiger partial charge in [-0.3, -0.25) is 0 Å². The van der Waals surface area contributed by atoms with Crippen molar-refractivity contribution in [1.82, 2.24) is 4.72 Å². The van der Waals surface area contributed by atoms with Crippen LogP contribution in [-0.2, 0) is 10.0 Å². The molecule has 1 fully saturated rings. The van der Waals surface area contributed by atoms with Crippen molar-refractivity contribution in [3.63, 3.8) is 0 Å². The van der Waals surface area contributed by atoms with Crippen molar-refractivity contribution in [3.8, 4) is 0 Å². The fourth-order valence-electron chi connectivity index (χ4n) is 2.57. The standard InChI is InChI=1S/C13H19ClN2O2S/c1-10-5-4-6-11(12(10)14)19(17,18)16-13(9-15)7-2-3-8-13/h4-6,16H,2-3,7-9,15H2,1H3. The molecule has 0 spiro atoms. The summed E-state index contributed by atoms with van der Waals surface area (Å²) in [5.74, 6) is 0. The molecule has 0 saturated heterocycles. The Morgan fingerprint density at radius 3 is 2.58 bits per heavy atom. The first kappa shape index (κ1) is 14.8. The highest BCUT2D eigenvalue weighted by Crippen LogP contribution is 2.32. The molecule has 0 amide bonds. The third kappa shape index (κ3) is 2.94. The molecule has 0 unspecified atom stereocenters. The van der Waals surface area contributed by atoms with E-state index in [0.29, 0.717) is 6.54 Å². The number of nitrogens with two attached hydrogens (primary N) is 1. The van der Waals surface area contributed by atoms with E-state index >= 15 is 0 Å². The molecule has 0 aliphatic heterocycles. The van der Waals surface area contributed by atoms with Gasteiger partial charge in [0.2, 0.25) is 10.0 Å². The van der Waals surface area contributed by atoms with Crippen LogP contribution in [0.15, 0.2) is 23.1 Å². The highest BCUT2D eigenvalue weighted by molar-refractivity contribution is 7.89. The molecule has 4 nitrogen and oxygen atoms in total. The Morgan fingerprint density at radius 2 is 2.00 bits per heavy atom. The molecule has 0 bridgehead atoms. The van der Waals surface area contributed by atoms with Crippen LogP contribution in [0.25, 0.3) is 0 Å². The second-order valence-corrected chi connectivity index (χ2v) is 7.21. The van der Waals surface area contributed by atoms with Crippen LogP contribution >= 0.6 is 11.6 Å². The normalized spacial score (nSPS) is 18.7. The Morgan fingerprint density at radius 1 is 1.37 bits per heavy atom. The summed E-state index contributed by atoms with van der Waals surface area (Å²) in [4.78, 5) is 0.133. The lowest BCUT2D eigenvalue weighted by Crippen LogP contribution is -2.51. The van der Waals surface area contributed by atoms with E-state index in [4.69, 9.17) is 17.3 Å². The number of sulfonamides is 1. The Hall–Kier alpha value is -0.620. The zero-order valence-electron chi connectivity index (χ0n) is 10.9. The molecular weight excluding hydrogens is 284 g/mol. The summed E-state index contributed by atoms with van der Waals surface area (Å²) in [6, 6.07) is 5.01. The Balaban J connectivity index is 2.35. The van der Waals surface area contributed by atoms with Gasteiger partial charge in [-0.05, 0) is 31.4 Å². The molecular formula is C13H19ClN2O2S. The number of hydrogen-bond acceptors (Lipinski definition) is 3. The van der Waals surface area contributed by atoms with Gasteiger partial charge in [-0.15, -0.1) is 0 Å². The minimum atomic E-state index is -3.63. The van der Waals surface area contributed by atoms with Crippen molar-refractivity contribution in [2.45, 2.75) is 43.0 Å². The van der Waals surface area contributed by atoms with Gasteiger partial charge in [0.15, 0.2) is 0 Å². The molecule has 0 atom stereocenters. The summed E-state index contributed by atoms with van der Waals surface area (Å²) in [7, 11) is -3.63. The van der Waals surface area contributed by atoms with Crippen LogP contribution in [0.1, 0.15) is 31.2 Å². The van der Waals surface area contributed by atoms with Crippen LogP contribution in [0.4, 0.5) is 0 Å². The molecule has 1 aliphatic carbocycles. The number of rotatable bonds is 4. The van der Waals surface area contributed by atoms with Crippen molar-refractivity contribution >= 4 is 21.6 Å². The van der Waals surface area contributed by atoms with Crippen LogP contribution < -0.4 is 10.5 Å². The molecule has 3 N–H and O–H groups in total. The maximum Gasteiger partial charge on any atom is 0.242 e. The molecule has 1 aromatic rings. The van der Waals surface area contributed by atoms with Gasteiger partial charge in [-0.25, -0.2) is 13.1 Å². The molecule has 19 heavy (non-hydrogen) atoms. The first-order chi connectivity index (χ1) is 8.90. The summed E-state index contributed by atoms with van der Waals surface area (Å²) < 4.78 is 27.7. The van der Waals surface area contributed by atoms with Crippen LogP contribution in [0.2, 0.25) is 5.02 Å². The maximum absolute atomic E-state index is 12.5. The van der Waals surface area contributed by atoms with Crippen molar-refractivity contribution < 1.29 is 8.42 Å². The second-order valence-electron chi connectivity index (χ2n) is 5.18. The molecule has 0 aromatic heterocycles. The predicted octanol–water partition coefficient (Wildman–Crippen LogP) is 2.20. The van der Waals surface area contributed by atoms with Crippen LogP contribution in [0.5, 0.6) is 0 Å². The monoisotopic (exact) mass is 302 g/mol. The summed E-state index contributed by atoms with van der Waals surface area (Å²) in [6.07, 6.45) is 3.57. The molecule has 6 heteroatoms.